The number of hydrogen-bond donors (Lipinski definition) is 0. The number of nitrogens with zero attached hydrogens (tertiary/aromatic N) is 1. The predicted octanol–water partition coefficient (Wildman–Crippen LogP) is 10.2. The SMILES string of the molecule is CC1(C)c2ccccc2-c2cc3c4ccccc4n(-c4cccc(-c5cccc(-c6ccccc6C=O)c5)c4)c3cc21. The van der Waals surface area contributed by atoms with Crippen molar-refractivity contribution < 1.29 is 4.79 Å². The van der Waals surface area contributed by atoms with Crippen LogP contribution in [0.1, 0.15) is 35.3 Å². The van der Waals surface area contributed by atoms with E-state index >= 15 is 0 Å². The van der Waals surface area contributed by atoms with Gasteiger partial charge in [0.25, 0.3) is 0 Å². The highest BCUT2D eigenvalue weighted by atomic mass is 16.1. The van der Waals surface area contributed by atoms with Crippen LogP contribution in [0.2, 0.25) is 0 Å². The monoisotopic (exact) mass is 539 g/mol. The smallest absolute Gasteiger partial charge is 0.150 e. The Balaban J connectivity index is 1.33. The summed E-state index contributed by atoms with van der Waals surface area (Å²) in [6.07, 6.45) is 0.932. The molecule has 2 nitrogen and oxygen atoms in total. The van der Waals surface area contributed by atoms with Crippen molar-refractivity contribution in [2.24, 2.45) is 0 Å². The first-order valence-corrected chi connectivity index (χ1v) is 14.5. The van der Waals surface area contributed by atoms with E-state index in [1.807, 2.05) is 24.3 Å². The Labute approximate surface area is 245 Å². The molecule has 0 aliphatic heterocycles. The zero-order valence-corrected chi connectivity index (χ0v) is 23.6. The summed E-state index contributed by atoms with van der Waals surface area (Å²) < 4.78 is 2.42. The molecule has 1 heterocycles. The van der Waals surface area contributed by atoms with Crippen molar-refractivity contribution in [2.45, 2.75) is 19.3 Å². The lowest BCUT2D eigenvalue weighted by atomic mass is 9.82. The maximum absolute atomic E-state index is 11.7. The third kappa shape index (κ3) is 3.55. The first-order valence-electron chi connectivity index (χ1n) is 14.5. The highest BCUT2D eigenvalue weighted by molar-refractivity contribution is 6.11. The number of benzene rings is 6. The normalized spacial score (nSPS) is 13.3. The van der Waals surface area contributed by atoms with E-state index in [4.69, 9.17) is 0 Å². The lowest BCUT2D eigenvalue weighted by Gasteiger charge is -2.21. The maximum atomic E-state index is 11.7. The van der Waals surface area contributed by atoms with Crippen molar-refractivity contribution in [3.8, 4) is 39.1 Å². The summed E-state index contributed by atoms with van der Waals surface area (Å²) >= 11 is 0. The Bertz CT molecular complexity index is 2200. The molecule has 0 fully saturated rings. The van der Waals surface area contributed by atoms with Crippen molar-refractivity contribution in [1.82, 2.24) is 4.57 Å². The van der Waals surface area contributed by atoms with E-state index in [9.17, 15) is 4.79 Å². The molecular weight excluding hydrogens is 510 g/mol. The molecule has 0 bridgehead atoms. The van der Waals surface area contributed by atoms with Crippen molar-refractivity contribution in [1.29, 1.82) is 0 Å². The van der Waals surface area contributed by atoms with Crippen LogP contribution in [0.3, 0.4) is 0 Å². The minimum atomic E-state index is -0.0680. The number of rotatable bonds is 4. The molecule has 1 aromatic heterocycles. The molecular formula is C40H29NO. The molecule has 0 saturated carbocycles. The number of fused-ring (bicyclic) bond motifs is 6. The van der Waals surface area contributed by atoms with Crippen molar-refractivity contribution in [3.05, 3.63) is 150 Å². The average molecular weight is 540 g/mol. The molecule has 6 aromatic carbocycles. The first kappa shape index (κ1) is 24.6. The quantitative estimate of drug-likeness (QED) is 0.204. The number of hydrogen-bond acceptors (Lipinski definition) is 1. The van der Waals surface area contributed by atoms with Crippen molar-refractivity contribution in [2.75, 3.05) is 0 Å². The largest absolute Gasteiger partial charge is 0.309 e. The number of aldehydes is 1. The minimum Gasteiger partial charge on any atom is -0.309 e. The topological polar surface area (TPSA) is 22.0 Å². The molecule has 0 atom stereocenters. The summed E-state index contributed by atoms with van der Waals surface area (Å²) in [5.41, 5.74) is 13.9. The van der Waals surface area contributed by atoms with Gasteiger partial charge in [-0.2, -0.15) is 0 Å². The molecule has 0 N–H and O–H groups in total. The van der Waals surface area contributed by atoms with E-state index in [1.54, 1.807) is 0 Å². The standard InChI is InChI=1S/C40H29NO/c1-40(2)36-19-7-5-17-32(36)34-23-35-33-18-6-8-20-38(33)41(39(35)24-37(34)40)30-15-10-13-27(22-30)26-12-9-14-28(21-26)31-16-4-3-11-29(31)25-42/h3-25H,1-2H3. The fraction of sp³-hybridized carbons (Fsp3) is 0.0750. The van der Waals surface area contributed by atoms with Gasteiger partial charge in [0, 0.05) is 27.4 Å². The summed E-state index contributed by atoms with van der Waals surface area (Å²) in [4.78, 5) is 11.7. The van der Waals surface area contributed by atoms with Gasteiger partial charge in [-0.15, -0.1) is 0 Å². The van der Waals surface area contributed by atoms with E-state index in [-0.39, 0.29) is 5.41 Å². The molecule has 0 saturated heterocycles. The van der Waals surface area contributed by atoms with Gasteiger partial charge >= 0.3 is 0 Å². The lowest BCUT2D eigenvalue weighted by molar-refractivity contribution is 0.112. The van der Waals surface area contributed by atoms with Gasteiger partial charge in [0.1, 0.15) is 0 Å². The number of carbonyl (C=O) groups excluding carboxylic acids is 1. The Hall–Kier alpha value is -5.21. The van der Waals surface area contributed by atoms with Crippen LogP contribution < -0.4 is 0 Å². The Morgan fingerprint density at radius 1 is 0.524 bits per heavy atom. The molecule has 200 valence electrons. The van der Waals surface area contributed by atoms with E-state index < -0.39 is 0 Å². The van der Waals surface area contributed by atoms with E-state index in [1.165, 1.54) is 44.1 Å². The van der Waals surface area contributed by atoms with E-state index in [0.717, 1.165) is 34.2 Å². The van der Waals surface area contributed by atoms with Crippen molar-refractivity contribution >= 4 is 28.1 Å². The molecule has 42 heavy (non-hydrogen) atoms. The number of carbonyl (C=O) groups is 1. The fourth-order valence-corrected chi connectivity index (χ4v) is 6.99. The van der Waals surface area contributed by atoms with Crippen LogP contribution in [0.25, 0.3) is 60.9 Å². The van der Waals surface area contributed by atoms with Crippen LogP contribution >= 0.6 is 0 Å². The summed E-state index contributed by atoms with van der Waals surface area (Å²) in [6, 6.07) is 47.4. The molecule has 7 aromatic rings. The number of para-hydroxylation sites is 1. The second-order valence-corrected chi connectivity index (χ2v) is 11.8. The van der Waals surface area contributed by atoms with Crippen LogP contribution in [-0.4, -0.2) is 10.9 Å². The van der Waals surface area contributed by atoms with Gasteiger partial charge in [-0.05, 0) is 80.9 Å². The highest BCUT2D eigenvalue weighted by Gasteiger charge is 2.36. The summed E-state index contributed by atoms with van der Waals surface area (Å²) in [5.74, 6) is 0. The molecule has 0 unspecified atom stereocenters. The molecule has 1 aliphatic rings. The first-order chi connectivity index (χ1) is 20.5. The Morgan fingerprint density at radius 3 is 2.07 bits per heavy atom. The van der Waals surface area contributed by atoms with Crippen LogP contribution in [0, 0.1) is 0 Å². The second kappa shape index (κ2) is 9.15. The summed E-state index contributed by atoms with van der Waals surface area (Å²) in [5, 5.41) is 2.53. The van der Waals surface area contributed by atoms with E-state index in [2.05, 4.69) is 128 Å². The van der Waals surface area contributed by atoms with Gasteiger partial charge < -0.3 is 4.57 Å². The van der Waals surface area contributed by atoms with Crippen LogP contribution in [0.15, 0.2) is 133 Å². The second-order valence-electron chi connectivity index (χ2n) is 11.8. The predicted molar refractivity (Wildman–Crippen MR) is 175 cm³/mol. The maximum Gasteiger partial charge on any atom is 0.150 e. The molecule has 8 rings (SSSR count). The Morgan fingerprint density at radius 2 is 1.21 bits per heavy atom. The average Bonchev–Trinajstić information content (AvgIpc) is 3.48. The van der Waals surface area contributed by atoms with Crippen LogP contribution in [-0.2, 0) is 5.41 Å². The molecule has 0 spiro atoms. The van der Waals surface area contributed by atoms with Gasteiger partial charge in [-0.3, -0.25) is 4.79 Å². The van der Waals surface area contributed by atoms with E-state index in [0.29, 0.717) is 5.56 Å². The molecule has 1 aliphatic carbocycles. The molecule has 0 radical (unpaired) electrons. The minimum absolute atomic E-state index is 0.0680. The highest BCUT2D eigenvalue weighted by Crippen LogP contribution is 2.51. The molecule has 2 heteroatoms. The summed E-state index contributed by atoms with van der Waals surface area (Å²) in [7, 11) is 0. The lowest BCUT2D eigenvalue weighted by Crippen LogP contribution is -2.14. The van der Waals surface area contributed by atoms with Crippen LogP contribution in [0.4, 0.5) is 0 Å². The fourth-order valence-electron chi connectivity index (χ4n) is 6.99. The third-order valence-corrected chi connectivity index (χ3v) is 9.07. The van der Waals surface area contributed by atoms with Gasteiger partial charge in [0.05, 0.1) is 11.0 Å². The Kier molecular flexibility index (Phi) is 5.36. The van der Waals surface area contributed by atoms with Gasteiger partial charge in [-0.1, -0.05) is 111 Å². The third-order valence-electron chi connectivity index (χ3n) is 9.07. The zero-order valence-electron chi connectivity index (χ0n) is 23.6. The summed E-state index contributed by atoms with van der Waals surface area (Å²) in [6.45, 7) is 4.68. The van der Waals surface area contributed by atoms with Gasteiger partial charge in [-0.25, -0.2) is 0 Å². The zero-order chi connectivity index (χ0) is 28.4. The van der Waals surface area contributed by atoms with Crippen molar-refractivity contribution in [3.63, 3.8) is 0 Å². The van der Waals surface area contributed by atoms with Gasteiger partial charge in [0.15, 0.2) is 6.29 Å². The van der Waals surface area contributed by atoms with Crippen LogP contribution in [0.5, 0.6) is 0 Å². The number of aromatic nitrogens is 1. The molecule has 0 amide bonds. The van der Waals surface area contributed by atoms with Gasteiger partial charge in [0.2, 0.25) is 0 Å².